The van der Waals surface area contributed by atoms with Crippen molar-refractivity contribution >= 4 is 17.2 Å². The minimum Gasteiger partial charge on any atom is -0.348 e. The van der Waals surface area contributed by atoms with Crippen molar-refractivity contribution in [3.63, 3.8) is 0 Å². The first-order valence-electron chi connectivity index (χ1n) is 12.8. The molecule has 1 heterocycles. The van der Waals surface area contributed by atoms with Crippen LogP contribution in [0, 0.1) is 6.92 Å². The van der Waals surface area contributed by atoms with Crippen molar-refractivity contribution in [3.8, 4) is 0 Å². The number of benzene rings is 3. The van der Waals surface area contributed by atoms with E-state index >= 15 is 0 Å². The van der Waals surface area contributed by atoms with Crippen molar-refractivity contribution in [2.45, 2.75) is 51.2 Å². The zero-order valence-corrected chi connectivity index (χ0v) is 21.6. The van der Waals surface area contributed by atoms with E-state index in [0.717, 1.165) is 43.9 Å². The van der Waals surface area contributed by atoms with Gasteiger partial charge in [-0.05, 0) is 49.4 Å². The molecule has 1 saturated carbocycles. The molecule has 1 aliphatic rings. The molecule has 5 rings (SSSR count). The number of carbonyl (C=O) groups is 1. The molecule has 0 saturated heterocycles. The van der Waals surface area contributed by atoms with Gasteiger partial charge < -0.3 is 5.32 Å². The van der Waals surface area contributed by atoms with Crippen LogP contribution >= 0.6 is 11.3 Å². The average molecular weight is 496 g/mol. The molecule has 1 N–H and O–H groups in total. The molecule has 0 atom stereocenters. The largest absolute Gasteiger partial charge is 0.348 e. The van der Waals surface area contributed by atoms with E-state index in [2.05, 4.69) is 102 Å². The molecule has 184 valence electrons. The van der Waals surface area contributed by atoms with E-state index in [9.17, 15) is 4.79 Å². The number of rotatable bonds is 11. The Morgan fingerprint density at radius 2 is 1.58 bits per heavy atom. The number of nitrogens with one attached hydrogen (secondary N) is 1. The van der Waals surface area contributed by atoms with Gasteiger partial charge in [-0.25, -0.2) is 4.98 Å². The summed E-state index contributed by atoms with van der Waals surface area (Å²) in [5.74, 6) is 0.280. The highest BCUT2D eigenvalue weighted by molar-refractivity contribution is 7.09. The zero-order chi connectivity index (χ0) is 24.7. The molecule has 5 heteroatoms. The third kappa shape index (κ3) is 6.68. The summed E-state index contributed by atoms with van der Waals surface area (Å²) in [5, 5.41) is 5.93. The Balaban J connectivity index is 1.33. The molecule has 0 radical (unpaired) electrons. The van der Waals surface area contributed by atoms with Gasteiger partial charge in [0.05, 0.1) is 6.54 Å². The molecular weight excluding hydrogens is 462 g/mol. The quantitative estimate of drug-likeness (QED) is 0.256. The van der Waals surface area contributed by atoms with Gasteiger partial charge in [0.1, 0.15) is 10.7 Å². The molecular formula is C31H33N3OS. The molecule has 1 aliphatic carbocycles. The highest BCUT2D eigenvalue weighted by Crippen LogP contribution is 2.29. The van der Waals surface area contributed by atoms with Gasteiger partial charge in [0.25, 0.3) is 5.91 Å². The Bertz CT molecular complexity index is 1210. The van der Waals surface area contributed by atoms with Gasteiger partial charge in [0, 0.05) is 23.9 Å². The molecule has 36 heavy (non-hydrogen) atoms. The topological polar surface area (TPSA) is 45.2 Å². The molecule has 0 aliphatic heterocycles. The number of aryl methyl sites for hydroxylation is 1. The summed E-state index contributed by atoms with van der Waals surface area (Å²) in [5.41, 5.74) is 5.78. The normalized spacial score (nSPS) is 13.3. The second-order valence-electron chi connectivity index (χ2n) is 9.73. The number of aromatic nitrogens is 1. The van der Waals surface area contributed by atoms with Gasteiger partial charge in [0.2, 0.25) is 0 Å². The van der Waals surface area contributed by atoms with Gasteiger partial charge in [-0.3, -0.25) is 9.69 Å². The van der Waals surface area contributed by atoms with Crippen molar-refractivity contribution in [3.05, 3.63) is 123 Å². The van der Waals surface area contributed by atoms with Crippen LogP contribution < -0.4 is 5.32 Å². The smallest absolute Gasteiger partial charge is 0.270 e. The highest BCUT2D eigenvalue weighted by atomic mass is 32.1. The lowest BCUT2D eigenvalue weighted by Crippen LogP contribution is -2.27. The fourth-order valence-corrected chi connectivity index (χ4v) is 5.36. The van der Waals surface area contributed by atoms with E-state index in [1.807, 2.05) is 5.38 Å². The molecule has 3 aromatic carbocycles. The van der Waals surface area contributed by atoms with E-state index in [4.69, 9.17) is 4.98 Å². The fourth-order valence-electron chi connectivity index (χ4n) is 4.54. The second kappa shape index (κ2) is 11.6. The van der Waals surface area contributed by atoms with Gasteiger partial charge in [-0.15, -0.1) is 11.3 Å². The first-order chi connectivity index (χ1) is 17.6. The van der Waals surface area contributed by atoms with Crippen LogP contribution in [-0.2, 0) is 13.1 Å². The van der Waals surface area contributed by atoms with Crippen LogP contribution in [0.5, 0.6) is 0 Å². The predicted molar refractivity (Wildman–Crippen MR) is 147 cm³/mol. The maximum Gasteiger partial charge on any atom is 0.270 e. The number of hydrogen-bond acceptors (Lipinski definition) is 4. The Morgan fingerprint density at radius 3 is 2.19 bits per heavy atom. The maximum absolute atomic E-state index is 12.5. The van der Waals surface area contributed by atoms with Crippen LogP contribution in [-0.4, -0.2) is 28.4 Å². The van der Waals surface area contributed by atoms with Gasteiger partial charge in [0.15, 0.2) is 0 Å². The van der Waals surface area contributed by atoms with E-state index in [1.165, 1.54) is 22.3 Å². The lowest BCUT2D eigenvalue weighted by Gasteiger charge is -2.25. The first kappa shape index (κ1) is 24.4. The molecule has 1 amide bonds. The number of nitrogens with zero attached hydrogens (tertiary/aromatic N) is 2. The molecule has 0 spiro atoms. The second-order valence-corrected chi connectivity index (χ2v) is 10.7. The van der Waals surface area contributed by atoms with Crippen LogP contribution in [0.15, 0.2) is 90.3 Å². The van der Waals surface area contributed by atoms with Gasteiger partial charge >= 0.3 is 0 Å². The van der Waals surface area contributed by atoms with Crippen LogP contribution in [0.4, 0.5) is 0 Å². The molecule has 0 unspecified atom stereocenters. The number of thiazole rings is 1. The summed E-state index contributed by atoms with van der Waals surface area (Å²) in [7, 11) is 0. The zero-order valence-electron chi connectivity index (χ0n) is 20.8. The molecule has 0 bridgehead atoms. The minimum atomic E-state index is -0.0432. The van der Waals surface area contributed by atoms with E-state index in [-0.39, 0.29) is 5.91 Å². The standard InChI is InChI=1S/C31H33N3OS/c1-23-12-14-24(15-13-23)20-34(21-30-33-29(22-36-30)31(35)32-27-16-17-27)19-18-28(25-8-4-2-5-9-25)26-10-6-3-7-11-26/h2-15,22,27-28H,16-21H2,1H3,(H,32,35). The monoisotopic (exact) mass is 495 g/mol. The highest BCUT2D eigenvalue weighted by Gasteiger charge is 2.25. The summed E-state index contributed by atoms with van der Waals surface area (Å²) in [6.45, 7) is 4.62. The van der Waals surface area contributed by atoms with Crippen LogP contribution in [0.25, 0.3) is 0 Å². The first-order valence-corrected chi connectivity index (χ1v) is 13.6. The average Bonchev–Trinajstić information content (AvgIpc) is 3.60. The lowest BCUT2D eigenvalue weighted by molar-refractivity contribution is 0.0946. The van der Waals surface area contributed by atoms with E-state index in [0.29, 0.717) is 17.7 Å². The van der Waals surface area contributed by atoms with Crippen LogP contribution in [0.3, 0.4) is 0 Å². The summed E-state index contributed by atoms with van der Waals surface area (Å²) in [6.07, 6.45) is 3.16. The van der Waals surface area contributed by atoms with E-state index < -0.39 is 0 Å². The third-order valence-corrected chi connectivity index (χ3v) is 7.55. The van der Waals surface area contributed by atoms with Crippen molar-refractivity contribution in [2.75, 3.05) is 6.54 Å². The number of carbonyl (C=O) groups excluding carboxylic acids is 1. The van der Waals surface area contributed by atoms with Crippen molar-refractivity contribution < 1.29 is 4.79 Å². The minimum absolute atomic E-state index is 0.0432. The Morgan fingerprint density at radius 1 is 0.944 bits per heavy atom. The third-order valence-electron chi connectivity index (χ3n) is 6.72. The summed E-state index contributed by atoms with van der Waals surface area (Å²) >= 11 is 1.58. The van der Waals surface area contributed by atoms with Crippen molar-refractivity contribution in [1.29, 1.82) is 0 Å². The molecule has 1 fully saturated rings. The van der Waals surface area contributed by atoms with E-state index in [1.54, 1.807) is 11.3 Å². The van der Waals surface area contributed by atoms with Crippen molar-refractivity contribution in [2.24, 2.45) is 0 Å². The molecule has 4 nitrogen and oxygen atoms in total. The summed E-state index contributed by atoms with van der Waals surface area (Å²) in [4.78, 5) is 19.6. The van der Waals surface area contributed by atoms with Gasteiger partial charge in [-0.2, -0.15) is 0 Å². The maximum atomic E-state index is 12.5. The lowest BCUT2D eigenvalue weighted by atomic mass is 9.88. The predicted octanol–water partition coefficient (Wildman–Crippen LogP) is 6.57. The van der Waals surface area contributed by atoms with Crippen molar-refractivity contribution in [1.82, 2.24) is 15.2 Å². The fraction of sp³-hybridized carbons (Fsp3) is 0.290. The Hall–Kier alpha value is -3.28. The summed E-state index contributed by atoms with van der Waals surface area (Å²) in [6, 6.07) is 30.7. The van der Waals surface area contributed by atoms with Gasteiger partial charge in [-0.1, -0.05) is 90.5 Å². The SMILES string of the molecule is Cc1ccc(CN(CCC(c2ccccc2)c2ccccc2)Cc2nc(C(=O)NC3CC3)cs2)cc1. The van der Waals surface area contributed by atoms with Crippen LogP contribution in [0.2, 0.25) is 0 Å². The Labute approximate surface area is 218 Å². The van der Waals surface area contributed by atoms with Crippen LogP contribution in [0.1, 0.15) is 62.9 Å². The molecule has 1 aromatic heterocycles. The molecule has 4 aromatic rings. The summed E-state index contributed by atoms with van der Waals surface area (Å²) < 4.78 is 0. The number of hydrogen-bond donors (Lipinski definition) is 1. The number of amides is 1. The Kier molecular flexibility index (Phi) is 7.89.